The number of hydrogen-bond donors (Lipinski definition) is 2. The molecule has 7 nitrogen and oxygen atoms in total. The van der Waals surface area contributed by atoms with Crippen molar-refractivity contribution in [1.29, 1.82) is 5.41 Å². The molecule has 3 aromatic carbocycles. The van der Waals surface area contributed by atoms with Crippen molar-refractivity contribution in [3.8, 4) is 5.75 Å². The first-order valence-electron chi connectivity index (χ1n) is 11.9. The number of imidazole rings is 1. The summed E-state index contributed by atoms with van der Waals surface area (Å²) in [7, 11) is 1.58. The molecule has 36 heavy (non-hydrogen) atoms. The number of hydrogen-bond acceptors (Lipinski definition) is 4. The molecule has 0 spiro atoms. The number of aromatic nitrogens is 2. The van der Waals surface area contributed by atoms with E-state index in [1.165, 1.54) is 11.8 Å². The van der Waals surface area contributed by atoms with E-state index in [1.54, 1.807) is 23.7 Å². The van der Waals surface area contributed by atoms with E-state index in [1.807, 2.05) is 79.9 Å². The second-order valence-electron chi connectivity index (χ2n) is 10.1. The zero-order valence-corrected chi connectivity index (χ0v) is 21.4. The van der Waals surface area contributed by atoms with Crippen LogP contribution in [0.2, 0.25) is 0 Å². The maximum atomic E-state index is 13.6. The molecule has 4 rings (SSSR count). The van der Waals surface area contributed by atoms with Crippen LogP contribution in [-0.2, 0) is 23.3 Å². The number of para-hydroxylation sites is 2. The third kappa shape index (κ3) is 4.69. The second-order valence-corrected chi connectivity index (χ2v) is 10.1. The van der Waals surface area contributed by atoms with E-state index < -0.39 is 5.41 Å². The first-order valence-corrected chi connectivity index (χ1v) is 11.9. The number of benzene rings is 3. The highest BCUT2D eigenvalue weighted by Gasteiger charge is 2.26. The Bertz CT molecular complexity index is 1510. The molecule has 0 aliphatic rings. The number of rotatable bonds is 6. The summed E-state index contributed by atoms with van der Waals surface area (Å²) in [5, 5.41) is 19.8. The van der Waals surface area contributed by atoms with E-state index >= 15 is 0 Å². The normalized spacial score (nSPS) is 11.6. The van der Waals surface area contributed by atoms with Crippen LogP contribution < -0.4 is 10.5 Å². The van der Waals surface area contributed by atoms with Crippen LogP contribution in [0.1, 0.15) is 49.2 Å². The summed E-state index contributed by atoms with van der Waals surface area (Å²) in [6.07, 6.45) is 0. The Labute approximate surface area is 210 Å². The van der Waals surface area contributed by atoms with Gasteiger partial charge in [0.25, 0.3) is 0 Å². The second kappa shape index (κ2) is 9.49. The number of nitrogens with one attached hydrogen (secondary N) is 1. The van der Waals surface area contributed by atoms with Crippen molar-refractivity contribution in [3.63, 3.8) is 0 Å². The Morgan fingerprint density at radius 3 is 2.11 bits per heavy atom. The Morgan fingerprint density at radius 2 is 1.53 bits per heavy atom. The Balaban J connectivity index is 1.80. The van der Waals surface area contributed by atoms with Crippen LogP contribution in [0.4, 0.5) is 5.69 Å². The molecular weight excluding hydrogens is 452 g/mol. The fraction of sp³-hybridized carbons (Fsp3) is 0.276. The molecule has 0 aliphatic carbocycles. The van der Waals surface area contributed by atoms with Gasteiger partial charge in [-0.15, -0.1) is 0 Å². The Morgan fingerprint density at radius 1 is 0.944 bits per heavy atom. The van der Waals surface area contributed by atoms with Gasteiger partial charge >= 0.3 is 0 Å². The minimum absolute atomic E-state index is 0.00922. The number of anilines is 1. The average molecular weight is 485 g/mol. The predicted molar refractivity (Wildman–Crippen MR) is 142 cm³/mol. The van der Waals surface area contributed by atoms with Gasteiger partial charge in [-0.05, 0) is 35.2 Å². The summed E-state index contributed by atoms with van der Waals surface area (Å²) in [4.78, 5) is 27.0. The van der Waals surface area contributed by atoms with Crippen LogP contribution in [0.25, 0.3) is 11.0 Å². The molecule has 2 N–H and O–H groups in total. The fourth-order valence-electron chi connectivity index (χ4n) is 4.39. The largest absolute Gasteiger partial charge is 0.505 e. The van der Waals surface area contributed by atoms with E-state index in [0.717, 1.165) is 16.6 Å². The standard InChI is InChI=1S/C29H32N4O3/c1-19(34)31(5)25-16-21(15-22(27(25)36)29(2,3)4)26(35)18-33-24-14-10-9-13-23(24)32(28(33)30)17-20-11-7-6-8-12-20/h6-16,30,36H,17-18H2,1-5H3. The number of carbonyl (C=O) groups excluding carboxylic acids is 2. The van der Waals surface area contributed by atoms with Crippen molar-refractivity contribution < 1.29 is 14.7 Å². The predicted octanol–water partition coefficient (Wildman–Crippen LogP) is 4.84. The molecule has 1 aromatic heterocycles. The molecule has 7 heteroatoms. The van der Waals surface area contributed by atoms with Crippen LogP contribution in [0, 0.1) is 5.41 Å². The van der Waals surface area contributed by atoms with Gasteiger partial charge in [0, 0.05) is 25.1 Å². The SMILES string of the molecule is CC(=O)N(C)c1cc(C(=O)Cn2c(=N)n(Cc3ccccc3)c3ccccc32)cc(C(C)(C)C)c1O. The van der Waals surface area contributed by atoms with Crippen molar-refractivity contribution in [1.82, 2.24) is 9.13 Å². The number of ketones is 1. The fourth-order valence-corrected chi connectivity index (χ4v) is 4.39. The van der Waals surface area contributed by atoms with Crippen molar-refractivity contribution >= 4 is 28.4 Å². The topological polar surface area (TPSA) is 91.3 Å². The van der Waals surface area contributed by atoms with E-state index in [4.69, 9.17) is 5.41 Å². The third-order valence-corrected chi connectivity index (χ3v) is 6.51. The van der Waals surface area contributed by atoms with E-state index in [-0.39, 0.29) is 29.6 Å². The van der Waals surface area contributed by atoms with Gasteiger partial charge in [-0.25, -0.2) is 0 Å². The molecule has 0 fully saturated rings. The van der Waals surface area contributed by atoms with Gasteiger partial charge < -0.3 is 19.1 Å². The number of nitrogens with zero attached hydrogens (tertiary/aromatic N) is 3. The summed E-state index contributed by atoms with van der Waals surface area (Å²) >= 11 is 0. The monoisotopic (exact) mass is 484 g/mol. The highest BCUT2D eigenvalue weighted by molar-refractivity contribution is 6.00. The van der Waals surface area contributed by atoms with Gasteiger partial charge in [0.05, 0.1) is 29.8 Å². The lowest BCUT2D eigenvalue weighted by atomic mass is 9.84. The lowest BCUT2D eigenvalue weighted by molar-refractivity contribution is -0.116. The molecule has 0 bridgehead atoms. The van der Waals surface area contributed by atoms with Crippen molar-refractivity contribution in [3.05, 3.63) is 89.0 Å². The number of phenols is 1. The minimum Gasteiger partial charge on any atom is -0.505 e. The Kier molecular flexibility index (Phi) is 6.59. The Hall–Kier alpha value is -4.13. The molecule has 0 aliphatic heterocycles. The van der Waals surface area contributed by atoms with Crippen molar-refractivity contribution in [2.45, 2.75) is 46.2 Å². The van der Waals surface area contributed by atoms with Crippen LogP contribution in [-0.4, -0.2) is 33.0 Å². The molecule has 0 unspecified atom stereocenters. The summed E-state index contributed by atoms with van der Waals surface area (Å²) in [6, 6.07) is 20.9. The van der Waals surface area contributed by atoms with Gasteiger partial charge in [0.1, 0.15) is 5.75 Å². The van der Waals surface area contributed by atoms with Crippen LogP contribution in [0.3, 0.4) is 0 Å². The zero-order chi connectivity index (χ0) is 26.2. The molecule has 4 aromatic rings. The van der Waals surface area contributed by atoms with Crippen LogP contribution >= 0.6 is 0 Å². The molecule has 1 amide bonds. The molecular formula is C29H32N4O3. The molecule has 1 heterocycles. The number of phenolic OH excluding ortho intramolecular Hbond substituents is 1. The van der Waals surface area contributed by atoms with E-state index in [2.05, 4.69) is 0 Å². The zero-order valence-electron chi connectivity index (χ0n) is 21.4. The van der Waals surface area contributed by atoms with Gasteiger partial charge in [-0.3, -0.25) is 15.0 Å². The maximum Gasteiger partial charge on any atom is 0.223 e. The molecule has 0 saturated heterocycles. The molecule has 0 radical (unpaired) electrons. The number of aromatic hydroxyl groups is 1. The smallest absolute Gasteiger partial charge is 0.223 e. The quantitative estimate of drug-likeness (QED) is 0.384. The van der Waals surface area contributed by atoms with Gasteiger partial charge in [-0.1, -0.05) is 63.2 Å². The lowest BCUT2D eigenvalue weighted by Crippen LogP contribution is -2.28. The van der Waals surface area contributed by atoms with Gasteiger partial charge in [0.15, 0.2) is 5.78 Å². The average Bonchev–Trinajstić information content (AvgIpc) is 3.09. The maximum absolute atomic E-state index is 13.6. The summed E-state index contributed by atoms with van der Waals surface area (Å²) < 4.78 is 3.60. The first kappa shape index (κ1) is 25.0. The lowest BCUT2D eigenvalue weighted by Gasteiger charge is -2.26. The van der Waals surface area contributed by atoms with Gasteiger partial charge in [0.2, 0.25) is 11.5 Å². The number of fused-ring (bicyclic) bond motifs is 1. The third-order valence-electron chi connectivity index (χ3n) is 6.51. The van der Waals surface area contributed by atoms with E-state index in [0.29, 0.717) is 23.4 Å². The van der Waals surface area contributed by atoms with Crippen molar-refractivity contribution in [2.75, 3.05) is 11.9 Å². The molecule has 186 valence electrons. The summed E-state index contributed by atoms with van der Waals surface area (Å²) in [6.45, 7) is 7.72. The van der Waals surface area contributed by atoms with Gasteiger partial charge in [-0.2, -0.15) is 0 Å². The van der Waals surface area contributed by atoms with Crippen LogP contribution in [0.15, 0.2) is 66.7 Å². The summed E-state index contributed by atoms with van der Waals surface area (Å²) in [5.74, 6) is -0.466. The number of amides is 1. The molecule has 0 saturated carbocycles. The van der Waals surface area contributed by atoms with Crippen LogP contribution in [0.5, 0.6) is 5.75 Å². The first-order chi connectivity index (χ1) is 17.0. The number of Topliss-reactive ketones (excluding diaryl/α,β-unsaturated/α-hetero) is 1. The van der Waals surface area contributed by atoms with Crippen molar-refractivity contribution in [2.24, 2.45) is 0 Å². The molecule has 0 atom stereocenters. The number of carbonyl (C=O) groups is 2. The highest BCUT2D eigenvalue weighted by atomic mass is 16.3. The summed E-state index contributed by atoms with van der Waals surface area (Å²) in [5.41, 5.74) is 3.76. The highest BCUT2D eigenvalue weighted by Crippen LogP contribution is 2.39. The minimum atomic E-state index is -0.452. The van der Waals surface area contributed by atoms with E-state index in [9.17, 15) is 14.7 Å².